The Morgan fingerprint density at radius 3 is 1.51 bits per heavy atom. The van der Waals surface area contributed by atoms with E-state index in [2.05, 4.69) is 147 Å². The van der Waals surface area contributed by atoms with Crippen molar-refractivity contribution in [2.24, 2.45) is 4.30 Å². The minimum atomic E-state index is 0. The summed E-state index contributed by atoms with van der Waals surface area (Å²) in [4.78, 5) is 2.34. The second kappa shape index (κ2) is 26.0. The molecule has 0 N–H and O–H groups in total. The second-order valence-corrected chi connectivity index (χ2v) is 18.9. The average molecular weight is 1030 g/mol. The van der Waals surface area contributed by atoms with Crippen molar-refractivity contribution < 1.29 is 9.47 Å². The molecule has 0 saturated carbocycles. The Balaban J connectivity index is 0.000000271. The Morgan fingerprint density at radius 1 is 0.655 bits per heavy atom. The quantitative estimate of drug-likeness (QED) is 0.0525. The van der Waals surface area contributed by atoms with Crippen molar-refractivity contribution in [3.8, 4) is 32.4 Å². The first-order valence-electron chi connectivity index (χ1n) is 18.3. The number of rotatable bonds is 18. The van der Waals surface area contributed by atoms with E-state index in [0.717, 1.165) is 99.5 Å². The van der Waals surface area contributed by atoms with E-state index in [1.165, 1.54) is 92.5 Å². The van der Waals surface area contributed by atoms with E-state index in [0.29, 0.717) is 0 Å². The maximum atomic E-state index is 6.29. The molecule has 6 rings (SSSR count). The van der Waals surface area contributed by atoms with Gasteiger partial charge in [-0.15, -0.1) is 22.7 Å². The number of hydrogen-bond acceptors (Lipinski definition) is 12. The Labute approximate surface area is 375 Å². The first-order valence-corrected chi connectivity index (χ1v) is 24.2. The van der Waals surface area contributed by atoms with Crippen LogP contribution < -0.4 is 9.47 Å². The summed E-state index contributed by atoms with van der Waals surface area (Å²) in [6, 6.07) is 8.39. The van der Waals surface area contributed by atoms with Gasteiger partial charge >= 0.3 is 24.8 Å². The molecule has 0 aliphatic rings. The fraction of sp³-hybridized carbons (Fsp3) is 0.487. The summed E-state index contributed by atoms with van der Waals surface area (Å²) in [7, 11) is 4.34. The minimum absolute atomic E-state index is 0. The third-order valence-corrected chi connectivity index (χ3v) is 14.3. The number of benzene rings is 2. The van der Waals surface area contributed by atoms with Gasteiger partial charge < -0.3 is 9.47 Å². The molecule has 4 aromatic heterocycles. The summed E-state index contributed by atoms with van der Waals surface area (Å²) in [5.74, 6) is 1.88. The van der Waals surface area contributed by atoms with Crippen LogP contribution in [0.4, 0.5) is 0 Å². The van der Waals surface area contributed by atoms with Gasteiger partial charge in [0.1, 0.15) is 33.6 Å². The van der Waals surface area contributed by atoms with E-state index in [4.69, 9.17) is 9.47 Å². The zero-order valence-corrected chi connectivity index (χ0v) is 40.0. The summed E-state index contributed by atoms with van der Waals surface area (Å²) in [5.41, 5.74) is 8.05. The van der Waals surface area contributed by atoms with E-state index >= 15 is 0 Å². The molecule has 0 saturated heterocycles. The number of aromatic nitrogens is 4. The molecule has 16 heteroatoms. The molecular weight excluding hydrogens is 981 g/mol. The molecule has 7 nitrogen and oxygen atoms in total. The molecule has 6 aromatic rings. The van der Waals surface area contributed by atoms with Gasteiger partial charge in [0, 0.05) is 20.9 Å². The third-order valence-electron chi connectivity index (χ3n) is 8.74. The molecule has 0 aliphatic heterocycles. The topological polar surface area (TPSA) is 82.4 Å². The van der Waals surface area contributed by atoms with Gasteiger partial charge in [-0.25, -0.2) is 0 Å². The SMILES string of the molecule is C.CCCCCCCCOc1c(C)c(Br)c2nsnc2c1-c1ccc(Br)s1.CCCCCCCCOc1c(C)c(Br)c2nsnc2c1-c1cccs1.[B]=NS. The van der Waals surface area contributed by atoms with Crippen molar-refractivity contribution in [3.63, 3.8) is 0 Å². The fourth-order valence-corrected chi connectivity index (χ4v) is 10.4. The van der Waals surface area contributed by atoms with Gasteiger partial charge in [-0.3, -0.25) is 0 Å². The molecular formula is C39H50BBr3N5O2S5. The summed E-state index contributed by atoms with van der Waals surface area (Å²) in [5, 5.41) is 2.09. The number of thiophene rings is 2. The van der Waals surface area contributed by atoms with Gasteiger partial charge in [0.25, 0.3) is 0 Å². The average Bonchev–Trinajstić information content (AvgIpc) is 4.01. The predicted octanol–water partition coefficient (Wildman–Crippen LogP) is 16.0. The van der Waals surface area contributed by atoms with Crippen molar-refractivity contribution in [2.45, 2.75) is 112 Å². The van der Waals surface area contributed by atoms with Crippen molar-refractivity contribution in [1.82, 2.24) is 17.5 Å². The van der Waals surface area contributed by atoms with Crippen molar-refractivity contribution in [3.05, 3.63) is 53.5 Å². The Morgan fingerprint density at radius 2 is 1.09 bits per heavy atom. The van der Waals surface area contributed by atoms with Crippen LogP contribution in [-0.4, -0.2) is 38.3 Å². The molecule has 0 bridgehead atoms. The molecule has 0 amide bonds. The molecule has 0 atom stereocenters. The predicted molar refractivity (Wildman–Crippen MR) is 256 cm³/mol. The molecule has 0 spiro atoms. The van der Waals surface area contributed by atoms with E-state index < -0.39 is 0 Å². The summed E-state index contributed by atoms with van der Waals surface area (Å²) < 4.78 is 36.4. The van der Waals surface area contributed by atoms with Crippen LogP contribution in [0.5, 0.6) is 11.5 Å². The van der Waals surface area contributed by atoms with Gasteiger partial charge in [-0.05, 0) is 98.1 Å². The number of nitrogens with zero attached hydrogens (tertiary/aromatic N) is 5. The third kappa shape index (κ3) is 13.4. The summed E-state index contributed by atoms with van der Waals surface area (Å²) >= 11 is 20.1. The summed E-state index contributed by atoms with van der Waals surface area (Å²) in [6.07, 6.45) is 15.1. The normalized spacial score (nSPS) is 10.7. The zero-order valence-electron chi connectivity index (χ0n) is 31.1. The van der Waals surface area contributed by atoms with Crippen LogP contribution in [0.1, 0.15) is 109 Å². The van der Waals surface area contributed by atoms with Crippen molar-refractivity contribution in [1.29, 1.82) is 0 Å². The Hall–Kier alpha value is -1.27. The molecule has 0 aliphatic carbocycles. The summed E-state index contributed by atoms with van der Waals surface area (Å²) in [6.45, 7) is 10.2. The molecule has 55 heavy (non-hydrogen) atoms. The standard InChI is InChI=1S/C19H22Br2N2OS2.C19H23BrN2OS2.CH4.BHNS/c1-3-4-5-6-7-8-11-24-19-12(2)16(21)18-17(22-26-23-18)15(19)13-9-10-14(20)25-13;1-3-4-5-6-7-8-11-23-19-13(2)16(20)18-17(21-25-22-18)15(19)14-10-9-12-24-14;;1-2-3/h9-10H,3-8,11H2,1-2H3;9-10,12H,3-8,11H2,1-2H3;1H4;3H. The van der Waals surface area contributed by atoms with Gasteiger partial charge in [0.05, 0.1) is 60.5 Å². The number of fused-ring (bicyclic) bond motifs is 2. The second-order valence-electron chi connectivity index (χ2n) is 12.6. The van der Waals surface area contributed by atoms with E-state index in [-0.39, 0.29) is 7.43 Å². The fourth-order valence-electron chi connectivity index (χ4n) is 5.94. The van der Waals surface area contributed by atoms with Crippen molar-refractivity contribution in [2.75, 3.05) is 13.2 Å². The molecule has 1 radical (unpaired) electrons. The van der Waals surface area contributed by atoms with Crippen LogP contribution in [0.3, 0.4) is 0 Å². The van der Waals surface area contributed by atoms with E-state index in [1.807, 2.05) is 0 Å². The maximum absolute atomic E-state index is 6.29. The molecule has 4 heterocycles. The monoisotopic (exact) mass is 1030 g/mol. The first-order chi connectivity index (χ1) is 26.3. The van der Waals surface area contributed by atoms with Crippen LogP contribution >= 0.6 is 107 Å². The number of hydrogen-bond donors (Lipinski definition) is 1. The Bertz CT molecular complexity index is 2040. The van der Waals surface area contributed by atoms with Gasteiger partial charge in [0.2, 0.25) is 0 Å². The Kier molecular flexibility index (Phi) is 22.7. The first kappa shape index (κ1) is 48.1. The van der Waals surface area contributed by atoms with E-state index in [9.17, 15) is 0 Å². The van der Waals surface area contributed by atoms with E-state index in [1.54, 1.807) is 22.7 Å². The number of unbranched alkanes of at least 4 members (excludes halogenated alkanes) is 10. The van der Waals surface area contributed by atoms with Gasteiger partial charge in [0.15, 0.2) is 0 Å². The molecule has 0 fully saturated rings. The molecule has 297 valence electrons. The van der Waals surface area contributed by atoms with Crippen LogP contribution in [-0.2, 0) is 0 Å². The number of halogens is 3. The van der Waals surface area contributed by atoms with Crippen LogP contribution in [0, 0.1) is 13.8 Å². The number of thiol groups is 1. The number of ether oxygens (including phenoxy) is 2. The zero-order chi connectivity index (χ0) is 38.9. The van der Waals surface area contributed by atoms with Crippen molar-refractivity contribution >= 4 is 136 Å². The van der Waals surface area contributed by atoms with Gasteiger partial charge in [-0.2, -0.15) is 17.5 Å². The van der Waals surface area contributed by atoms with Crippen LogP contribution in [0.2, 0.25) is 0 Å². The van der Waals surface area contributed by atoms with Crippen LogP contribution in [0.15, 0.2) is 46.7 Å². The molecule has 2 aromatic carbocycles. The molecule has 0 unspecified atom stereocenters. The van der Waals surface area contributed by atoms with Crippen LogP contribution in [0.25, 0.3) is 42.9 Å². The van der Waals surface area contributed by atoms with Gasteiger partial charge in [-0.1, -0.05) is 91.5 Å².